The maximum Gasteiger partial charge on any atom is 0.338 e. The lowest BCUT2D eigenvalue weighted by molar-refractivity contribution is -0.121. The molecular weight excluding hydrogens is 458 g/mol. The second-order valence-electron chi connectivity index (χ2n) is 6.91. The zero-order valence-electron chi connectivity index (χ0n) is 18.2. The van der Waals surface area contributed by atoms with E-state index in [4.69, 9.17) is 14.7 Å². The van der Waals surface area contributed by atoms with Gasteiger partial charge in [-0.1, -0.05) is 24.3 Å². The molecule has 0 radical (unpaired) electrons. The molecule has 0 spiro atoms. The molecule has 0 saturated carbocycles. The number of anilines is 2. The normalized spacial score (nSPS) is 10.6. The average molecular weight is 480 g/mol. The second-order valence-corrected chi connectivity index (χ2v) is 8.59. The molecule has 3 aromatic carbocycles. The van der Waals surface area contributed by atoms with Crippen molar-refractivity contribution in [2.45, 2.75) is 4.90 Å². The number of nitriles is 1. The van der Waals surface area contributed by atoms with Gasteiger partial charge in [-0.15, -0.1) is 0 Å². The van der Waals surface area contributed by atoms with Crippen molar-refractivity contribution in [1.82, 2.24) is 0 Å². The minimum absolute atomic E-state index is 0.0445. The van der Waals surface area contributed by atoms with Gasteiger partial charge in [-0.2, -0.15) is 5.26 Å². The van der Waals surface area contributed by atoms with Crippen LogP contribution >= 0.6 is 0 Å². The number of benzene rings is 3. The molecule has 174 valence electrons. The van der Waals surface area contributed by atoms with Crippen molar-refractivity contribution in [3.8, 4) is 11.8 Å². The Balaban J connectivity index is 1.69. The number of nitrogens with zero attached hydrogens (tertiary/aromatic N) is 2. The molecule has 0 heterocycles. The number of hydrogen-bond acceptors (Lipinski definition) is 7. The Hall–Kier alpha value is -4.36. The van der Waals surface area contributed by atoms with Crippen LogP contribution in [-0.4, -0.2) is 40.6 Å². The Morgan fingerprint density at radius 3 is 2.35 bits per heavy atom. The molecule has 0 aliphatic carbocycles. The summed E-state index contributed by atoms with van der Waals surface area (Å²) in [6, 6.07) is 22.0. The Bertz CT molecular complexity index is 1300. The first-order chi connectivity index (χ1) is 16.3. The quantitative estimate of drug-likeness (QED) is 0.369. The van der Waals surface area contributed by atoms with Gasteiger partial charge in [-0.3, -0.25) is 14.4 Å². The summed E-state index contributed by atoms with van der Waals surface area (Å²) in [6.45, 7) is -0.832. The number of carbonyl (C=O) groups is 2. The highest BCUT2D eigenvalue weighted by Gasteiger charge is 2.20. The zero-order valence-corrected chi connectivity index (χ0v) is 19.0. The molecule has 0 bridgehead atoms. The van der Waals surface area contributed by atoms with Gasteiger partial charge in [-0.05, 0) is 54.6 Å². The molecule has 0 unspecified atom stereocenters. The standard InChI is InChI=1S/C24H21N3O6S/c1-32-21-12-10-19(11-13-21)26-34(30,31)22-9-5-6-18(16-22)24(29)33-17-23(28)27(15-14-25)20-7-3-2-4-8-20/h2-13,16,26H,15,17H2,1H3. The molecular formula is C24H21N3O6S. The third-order valence-corrected chi connectivity index (χ3v) is 6.03. The Kier molecular flexibility index (Phi) is 7.84. The summed E-state index contributed by atoms with van der Waals surface area (Å²) in [4.78, 5) is 26.0. The Labute approximate surface area is 197 Å². The fourth-order valence-electron chi connectivity index (χ4n) is 2.95. The molecule has 0 atom stereocenters. The third kappa shape index (κ3) is 6.11. The van der Waals surface area contributed by atoms with Gasteiger partial charge in [-0.25, -0.2) is 13.2 Å². The van der Waals surface area contributed by atoms with Gasteiger partial charge in [0.25, 0.3) is 15.9 Å². The van der Waals surface area contributed by atoms with E-state index in [-0.39, 0.29) is 17.0 Å². The predicted octanol–water partition coefficient (Wildman–Crippen LogP) is 3.21. The number of esters is 1. The highest BCUT2D eigenvalue weighted by atomic mass is 32.2. The van der Waals surface area contributed by atoms with E-state index in [9.17, 15) is 18.0 Å². The lowest BCUT2D eigenvalue weighted by Crippen LogP contribution is -2.35. The molecule has 34 heavy (non-hydrogen) atoms. The molecule has 0 fully saturated rings. The summed E-state index contributed by atoms with van der Waals surface area (Å²) >= 11 is 0. The summed E-state index contributed by atoms with van der Waals surface area (Å²) in [5.74, 6) is -0.895. The first kappa shape index (κ1) is 24.3. The maximum atomic E-state index is 12.7. The van der Waals surface area contributed by atoms with Crippen molar-refractivity contribution in [1.29, 1.82) is 5.26 Å². The van der Waals surface area contributed by atoms with Crippen LogP contribution in [0.5, 0.6) is 5.75 Å². The topological polar surface area (TPSA) is 126 Å². The van der Waals surface area contributed by atoms with Crippen LogP contribution in [0.1, 0.15) is 10.4 Å². The number of hydrogen-bond donors (Lipinski definition) is 1. The minimum Gasteiger partial charge on any atom is -0.497 e. The van der Waals surface area contributed by atoms with Gasteiger partial charge in [0.2, 0.25) is 0 Å². The van der Waals surface area contributed by atoms with E-state index in [0.29, 0.717) is 17.1 Å². The van der Waals surface area contributed by atoms with Crippen LogP contribution in [0.25, 0.3) is 0 Å². The summed E-state index contributed by atoms with van der Waals surface area (Å²) in [5, 5.41) is 9.02. The highest BCUT2D eigenvalue weighted by molar-refractivity contribution is 7.92. The molecule has 0 saturated heterocycles. The molecule has 9 nitrogen and oxygen atoms in total. The van der Waals surface area contributed by atoms with Crippen LogP contribution < -0.4 is 14.4 Å². The second kappa shape index (κ2) is 11.0. The van der Waals surface area contributed by atoms with Crippen LogP contribution in [-0.2, 0) is 19.6 Å². The van der Waals surface area contributed by atoms with Crippen LogP contribution in [0, 0.1) is 11.3 Å². The number of para-hydroxylation sites is 1. The summed E-state index contributed by atoms with van der Waals surface area (Å²) < 4.78 is 38.0. The molecule has 10 heteroatoms. The number of nitrogens with one attached hydrogen (secondary N) is 1. The molecule has 3 aromatic rings. The Morgan fingerprint density at radius 1 is 1.00 bits per heavy atom. The first-order valence-corrected chi connectivity index (χ1v) is 11.5. The predicted molar refractivity (Wildman–Crippen MR) is 125 cm³/mol. The van der Waals surface area contributed by atoms with Crippen molar-refractivity contribution >= 4 is 33.3 Å². The Morgan fingerprint density at radius 2 is 1.71 bits per heavy atom. The van der Waals surface area contributed by atoms with Gasteiger partial charge in [0, 0.05) is 11.4 Å². The monoisotopic (exact) mass is 479 g/mol. The van der Waals surface area contributed by atoms with E-state index >= 15 is 0 Å². The number of amides is 1. The van der Waals surface area contributed by atoms with E-state index < -0.39 is 28.5 Å². The lowest BCUT2D eigenvalue weighted by atomic mass is 10.2. The zero-order chi connectivity index (χ0) is 24.6. The van der Waals surface area contributed by atoms with Crippen LogP contribution in [0.3, 0.4) is 0 Å². The molecule has 1 N–H and O–H groups in total. The maximum absolute atomic E-state index is 12.7. The number of rotatable bonds is 9. The summed E-state index contributed by atoms with van der Waals surface area (Å²) in [5.41, 5.74) is 0.762. The first-order valence-electron chi connectivity index (χ1n) is 10.0. The summed E-state index contributed by atoms with van der Waals surface area (Å²) in [6.07, 6.45) is 0. The SMILES string of the molecule is COc1ccc(NS(=O)(=O)c2cccc(C(=O)OCC(=O)N(CC#N)c3ccccc3)c2)cc1. The van der Waals surface area contributed by atoms with Gasteiger partial charge < -0.3 is 9.47 Å². The van der Waals surface area contributed by atoms with Crippen LogP contribution in [0.4, 0.5) is 11.4 Å². The van der Waals surface area contributed by atoms with Crippen molar-refractivity contribution < 1.29 is 27.5 Å². The van der Waals surface area contributed by atoms with Gasteiger partial charge >= 0.3 is 5.97 Å². The summed E-state index contributed by atoms with van der Waals surface area (Å²) in [7, 11) is -2.49. The van der Waals surface area contributed by atoms with E-state index in [2.05, 4.69) is 4.72 Å². The number of ether oxygens (including phenoxy) is 2. The average Bonchev–Trinajstić information content (AvgIpc) is 2.86. The van der Waals surface area contributed by atoms with Gasteiger partial charge in [0.15, 0.2) is 6.61 Å². The molecule has 3 rings (SSSR count). The number of sulfonamides is 1. The van der Waals surface area contributed by atoms with E-state index in [1.807, 2.05) is 6.07 Å². The number of carbonyl (C=O) groups excluding carboxylic acids is 2. The third-order valence-electron chi connectivity index (χ3n) is 4.65. The van der Waals surface area contributed by atoms with Crippen molar-refractivity contribution in [2.24, 2.45) is 0 Å². The van der Waals surface area contributed by atoms with E-state index in [1.165, 1.54) is 30.2 Å². The fraction of sp³-hybridized carbons (Fsp3) is 0.125. The van der Waals surface area contributed by atoms with Crippen molar-refractivity contribution in [3.63, 3.8) is 0 Å². The van der Waals surface area contributed by atoms with Gasteiger partial charge in [0.1, 0.15) is 12.3 Å². The van der Waals surface area contributed by atoms with Crippen molar-refractivity contribution in [3.05, 3.63) is 84.4 Å². The lowest BCUT2D eigenvalue weighted by Gasteiger charge is -2.19. The molecule has 0 aromatic heterocycles. The molecule has 0 aliphatic rings. The van der Waals surface area contributed by atoms with Crippen LogP contribution in [0.15, 0.2) is 83.8 Å². The van der Waals surface area contributed by atoms with Gasteiger partial charge in [0.05, 0.1) is 23.6 Å². The van der Waals surface area contributed by atoms with E-state index in [0.717, 1.165) is 6.07 Å². The highest BCUT2D eigenvalue weighted by Crippen LogP contribution is 2.20. The molecule has 1 amide bonds. The van der Waals surface area contributed by atoms with Crippen molar-refractivity contribution in [2.75, 3.05) is 29.9 Å². The minimum atomic E-state index is -3.99. The number of methoxy groups -OCH3 is 1. The largest absolute Gasteiger partial charge is 0.497 e. The fourth-order valence-corrected chi connectivity index (χ4v) is 4.06. The molecule has 0 aliphatic heterocycles. The van der Waals surface area contributed by atoms with Crippen LogP contribution in [0.2, 0.25) is 0 Å². The smallest absolute Gasteiger partial charge is 0.338 e. The van der Waals surface area contributed by atoms with E-state index in [1.54, 1.807) is 54.6 Å².